The second-order valence-electron chi connectivity index (χ2n) is 6.92. The molecule has 0 spiro atoms. The van der Waals surface area contributed by atoms with Gasteiger partial charge in [0.1, 0.15) is 0 Å². The van der Waals surface area contributed by atoms with E-state index in [2.05, 4.69) is 23.2 Å². The largest absolute Gasteiger partial charge is 0.478 e. The number of pyridine rings is 1. The Labute approximate surface area is 147 Å². The summed E-state index contributed by atoms with van der Waals surface area (Å²) in [6.45, 7) is 2.00. The van der Waals surface area contributed by atoms with Crippen molar-refractivity contribution in [3.63, 3.8) is 0 Å². The Hall–Kier alpha value is -2.68. The van der Waals surface area contributed by atoms with Gasteiger partial charge in [0.25, 0.3) is 0 Å². The fraction of sp³-hybridized carbons (Fsp3) is 0.273. The van der Waals surface area contributed by atoms with Crippen LogP contribution < -0.4 is 0 Å². The summed E-state index contributed by atoms with van der Waals surface area (Å²) in [7, 11) is 0. The summed E-state index contributed by atoms with van der Waals surface area (Å²) in [6.07, 6.45) is 4.54. The van der Waals surface area contributed by atoms with Crippen molar-refractivity contribution in [2.75, 3.05) is 0 Å². The van der Waals surface area contributed by atoms with Crippen molar-refractivity contribution < 1.29 is 9.90 Å². The molecule has 2 aromatic carbocycles. The molecule has 0 saturated heterocycles. The summed E-state index contributed by atoms with van der Waals surface area (Å²) in [5.41, 5.74) is 5.58. The van der Waals surface area contributed by atoms with Crippen LogP contribution in [0.2, 0.25) is 0 Å². The molecule has 0 atom stereocenters. The average Bonchev–Trinajstić information content (AvgIpc) is 3.15. The third-order valence-corrected chi connectivity index (χ3v) is 5.23. The molecule has 3 aromatic rings. The lowest BCUT2D eigenvalue weighted by molar-refractivity contribution is 0.0695. The lowest BCUT2D eigenvalue weighted by Gasteiger charge is -2.16. The predicted octanol–water partition coefficient (Wildman–Crippen LogP) is 5.57. The number of fused-ring (bicyclic) bond motifs is 1. The number of para-hydroxylation sites is 1. The molecule has 0 amide bonds. The van der Waals surface area contributed by atoms with Crippen LogP contribution in [0.15, 0.2) is 48.5 Å². The molecule has 4 rings (SSSR count). The number of carboxylic acids is 1. The molecule has 0 radical (unpaired) electrons. The maximum atomic E-state index is 11.7. The molecule has 25 heavy (non-hydrogen) atoms. The van der Waals surface area contributed by atoms with E-state index in [1.807, 2.05) is 31.2 Å². The highest BCUT2D eigenvalue weighted by Gasteiger charge is 2.23. The third-order valence-electron chi connectivity index (χ3n) is 5.23. The number of nitrogens with zero attached hydrogens (tertiary/aromatic N) is 1. The van der Waals surface area contributed by atoms with Crippen LogP contribution in [-0.2, 0) is 0 Å². The van der Waals surface area contributed by atoms with Gasteiger partial charge in [-0.1, -0.05) is 37.1 Å². The number of benzene rings is 2. The van der Waals surface area contributed by atoms with E-state index in [1.54, 1.807) is 6.07 Å². The van der Waals surface area contributed by atoms with Gasteiger partial charge in [-0.3, -0.25) is 4.98 Å². The van der Waals surface area contributed by atoms with E-state index in [0.29, 0.717) is 11.5 Å². The van der Waals surface area contributed by atoms with E-state index in [-0.39, 0.29) is 0 Å². The third kappa shape index (κ3) is 2.91. The fourth-order valence-electron chi connectivity index (χ4n) is 4.05. The number of aromatic carboxylic acids is 1. The maximum Gasteiger partial charge on any atom is 0.335 e. The number of hydrogen-bond donors (Lipinski definition) is 1. The second kappa shape index (κ2) is 6.32. The fourth-order valence-corrected chi connectivity index (χ4v) is 4.05. The van der Waals surface area contributed by atoms with Crippen LogP contribution in [-0.4, -0.2) is 16.1 Å². The number of hydrogen-bond acceptors (Lipinski definition) is 2. The molecule has 1 aliphatic carbocycles. The van der Waals surface area contributed by atoms with Crippen molar-refractivity contribution in [2.45, 2.75) is 38.5 Å². The predicted molar refractivity (Wildman–Crippen MR) is 100 cm³/mol. The van der Waals surface area contributed by atoms with Gasteiger partial charge in [0, 0.05) is 11.1 Å². The summed E-state index contributed by atoms with van der Waals surface area (Å²) in [4.78, 5) is 16.3. The van der Waals surface area contributed by atoms with Gasteiger partial charge in [-0.2, -0.15) is 0 Å². The first-order chi connectivity index (χ1) is 12.1. The highest BCUT2D eigenvalue weighted by atomic mass is 16.4. The minimum absolute atomic E-state index is 0.361. The normalized spacial score (nSPS) is 14.9. The molecule has 1 aromatic heterocycles. The topological polar surface area (TPSA) is 50.2 Å². The van der Waals surface area contributed by atoms with E-state index in [1.165, 1.54) is 12.8 Å². The highest BCUT2D eigenvalue weighted by molar-refractivity contribution is 5.96. The maximum absolute atomic E-state index is 11.7. The SMILES string of the molecule is Cc1cc(-c2ccc(C(=O)O)c(C3CCCC3)c2)c2ccccc2n1. The molecule has 0 unspecified atom stereocenters. The number of rotatable bonds is 3. The van der Waals surface area contributed by atoms with E-state index in [0.717, 1.165) is 46.1 Å². The Morgan fingerprint density at radius 2 is 1.84 bits per heavy atom. The zero-order chi connectivity index (χ0) is 17.4. The van der Waals surface area contributed by atoms with E-state index < -0.39 is 5.97 Å². The van der Waals surface area contributed by atoms with Gasteiger partial charge in [0.2, 0.25) is 0 Å². The van der Waals surface area contributed by atoms with Crippen molar-refractivity contribution in [1.29, 1.82) is 0 Å². The molecule has 0 bridgehead atoms. The first-order valence-electron chi connectivity index (χ1n) is 8.87. The molecule has 1 N–H and O–H groups in total. The molecule has 1 aliphatic rings. The molecule has 126 valence electrons. The lowest BCUT2D eigenvalue weighted by atomic mass is 9.89. The minimum atomic E-state index is -0.829. The van der Waals surface area contributed by atoms with Crippen LogP contribution in [0.1, 0.15) is 53.2 Å². The van der Waals surface area contributed by atoms with Crippen LogP contribution in [0, 0.1) is 6.92 Å². The molecule has 3 nitrogen and oxygen atoms in total. The van der Waals surface area contributed by atoms with E-state index >= 15 is 0 Å². The van der Waals surface area contributed by atoms with Gasteiger partial charge >= 0.3 is 5.97 Å². The summed E-state index contributed by atoms with van der Waals surface area (Å²) in [5.74, 6) is -0.468. The number of carboxylic acid groups (broad SMARTS) is 1. The summed E-state index contributed by atoms with van der Waals surface area (Å²) < 4.78 is 0. The molecule has 3 heteroatoms. The monoisotopic (exact) mass is 331 g/mol. The number of aryl methyl sites for hydroxylation is 1. The molecule has 1 fully saturated rings. The summed E-state index contributed by atoms with van der Waals surface area (Å²) in [5, 5.41) is 10.7. The number of aromatic nitrogens is 1. The van der Waals surface area contributed by atoms with Crippen molar-refractivity contribution in [2.24, 2.45) is 0 Å². The van der Waals surface area contributed by atoms with Crippen LogP contribution >= 0.6 is 0 Å². The Morgan fingerprint density at radius 1 is 1.08 bits per heavy atom. The quantitative estimate of drug-likeness (QED) is 0.683. The van der Waals surface area contributed by atoms with Gasteiger partial charge in [-0.25, -0.2) is 4.79 Å². The van der Waals surface area contributed by atoms with Crippen molar-refractivity contribution in [3.8, 4) is 11.1 Å². The molecular weight excluding hydrogens is 310 g/mol. The molecule has 0 aliphatic heterocycles. The second-order valence-corrected chi connectivity index (χ2v) is 6.92. The standard InChI is InChI=1S/C22H21NO2/c1-14-12-19(17-8-4-5-9-21(17)23-14)16-10-11-18(22(24)25)20(13-16)15-6-2-3-7-15/h4-5,8-13,15H,2-3,6-7H2,1H3,(H,24,25). The minimum Gasteiger partial charge on any atom is -0.478 e. The van der Waals surface area contributed by atoms with Gasteiger partial charge in [-0.05, 0) is 66.6 Å². The Bertz CT molecular complexity index is 955. The molecular formula is C22H21NO2. The van der Waals surface area contributed by atoms with Crippen LogP contribution in [0.3, 0.4) is 0 Å². The Balaban J connectivity index is 1.92. The zero-order valence-corrected chi connectivity index (χ0v) is 14.3. The summed E-state index contributed by atoms with van der Waals surface area (Å²) >= 11 is 0. The molecule has 1 saturated carbocycles. The zero-order valence-electron chi connectivity index (χ0n) is 14.3. The van der Waals surface area contributed by atoms with Gasteiger partial charge in [0.15, 0.2) is 0 Å². The van der Waals surface area contributed by atoms with E-state index in [4.69, 9.17) is 0 Å². The van der Waals surface area contributed by atoms with Gasteiger partial charge in [0.05, 0.1) is 11.1 Å². The average molecular weight is 331 g/mol. The van der Waals surface area contributed by atoms with Crippen molar-refractivity contribution >= 4 is 16.9 Å². The van der Waals surface area contributed by atoms with Gasteiger partial charge < -0.3 is 5.11 Å². The lowest BCUT2D eigenvalue weighted by Crippen LogP contribution is -2.06. The van der Waals surface area contributed by atoms with E-state index in [9.17, 15) is 9.90 Å². The Kier molecular flexibility index (Phi) is 4.00. The first kappa shape index (κ1) is 15.8. The van der Waals surface area contributed by atoms with Crippen LogP contribution in [0.4, 0.5) is 0 Å². The van der Waals surface area contributed by atoms with Crippen LogP contribution in [0.25, 0.3) is 22.0 Å². The van der Waals surface area contributed by atoms with Crippen molar-refractivity contribution in [3.05, 3.63) is 65.4 Å². The Morgan fingerprint density at radius 3 is 2.60 bits per heavy atom. The van der Waals surface area contributed by atoms with Gasteiger partial charge in [-0.15, -0.1) is 0 Å². The van der Waals surface area contributed by atoms with Crippen LogP contribution in [0.5, 0.6) is 0 Å². The molecule has 1 heterocycles. The smallest absolute Gasteiger partial charge is 0.335 e. The highest BCUT2D eigenvalue weighted by Crippen LogP contribution is 2.38. The number of carbonyl (C=O) groups is 1. The summed E-state index contributed by atoms with van der Waals surface area (Å²) in [6, 6.07) is 16.0. The van der Waals surface area contributed by atoms with Crippen molar-refractivity contribution in [1.82, 2.24) is 4.98 Å². The first-order valence-corrected chi connectivity index (χ1v) is 8.87.